The molecule has 0 spiro atoms. The molecule has 4 rings (SSSR count). The monoisotopic (exact) mass is 401 g/mol. The summed E-state index contributed by atoms with van der Waals surface area (Å²) >= 11 is 7.16. The van der Waals surface area contributed by atoms with Crippen LogP contribution in [0.1, 0.15) is 27.2 Å². The molecule has 0 fully saturated rings. The van der Waals surface area contributed by atoms with Crippen LogP contribution in [0.5, 0.6) is 0 Å². The van der Waals surface area contributed by atoms with Crippen LogP contribution in [-0.2, 0) is 4.79 Å². The van der Waals surface area contributed by atoms with Crippen LogP contribution in [-0.4, -0.2) is 27.0 Å². The number of rotatable bonds is 4. The van der Waals surface area contributed by atoms with E-state index in [4.69, 9.17) is 16.0 Å². The minimum absolute atomic E-state index is 0.0265. The van der Waals surface area contributed by atoms with Gasteiger partial charge in [-0.15, -0.1) is 10.2 Å². The normalized spacial score (nSPS) is 17.0. The number of anilines is 1. The number of aromatic nitrogens is 2. The van der Waals surface area contributed by atoms with Crippen molar-refractivity contribution in [2.45, 2.75) is 13.0 Å². The van der Waals surface area contributed by atoms with Crippen LogP contribution in [0, 0.1) is 6.92 Å². The molecule has 0 saturated heterocycles. The number of furan rings is 1. The van der Waals surface area contributed by atoms with Crippen molar-refractivity contribution in [1.29, 1.82) is 0 Å². The van der Waals surface area contributed by atoms with Crippen LogP contribution in [0.2, 0.25) is 5.02 Å². The minimum Gasteiger partial charge on any atom is -0.503 e. The summed E-state index contributed by atoms with van der Waals surface area (Å²) in [4.78, 5) is 27.0. The average molecular weight is 402 g/mol. The predicted octanol–water partition coefficient (Wildman–Crippen LogP) is 3.88. The second-order valence-corrected chi connectivity index (χ2v) is 7.40. The number of aliphatic hydroxyl groups excluding tert-OH is 1. The lowest BCUT2D eigenvalue weighted by atomic mass is 9.95. The molecular weight excluding hydrogens is 390 g/mol. The molecule has 7 nitrogen and oxygen atoms in total. The van der Waals surface area contributed by atoms with Gasteiger partial charge in [0.05, 0.1) is 17.9 Å². The molecule has 136 valence electrons. The molecule has 9 heteroatoms. The summed E-state index contributed by atoms with van der Waals surface area (Å²) in [6, 6.07) is 8.84. The van der Waals surface area contributed by atoms with E-state index in [2.05, 4.69) is 10.2 Å². The van der Waals surface area contributed by atoms with Crippen molar-refractivity contribution in [3.05, 3.63) is 75.3 Å². The molecular formula is C18H12ClN3O4S. The largest absolute Gasteiger partial charge is 0.503 e. The van der Waals surface area contributed by atoms with Gasteiger partial charge >= 0.3 is 0 Å². The molecule has 0 radical (unpaired) electrons. The van der Waals surface area contributed by atoms with E-state index in [9.17, 15) is 14.7 Å². The van der Waals surface area contributed by atoms with E-state index in [1.54, 1.807) is 37.3 Å². The van der Waals surface area contributed by atoms with Crippen LogP contribution < -0.4 is 4.90 Å². The minimum atomic E-state index is -0.875. The van der Waals surface area contributed by atoms with Crippen LogP contribution >= 0.6 is 22.9 Å². The van der Waals surface area contributed by atoms with Gasteiger partial charge in [0.1, 0.15) is 5.01 Å². The maximum absolute atomic E-state index is 12.9. The molecule has 1 amide bonds. The zero-order chi connectivity index (χ0) is 19.1. The molecule has 3 aromatic rings. The SMILES string of the molecule is Cc1nnc(N2C(=O)C(O)=C(C(=O)c3ccco3)[C@H]2c2ccc(Cl)cc2)s1. The zero-order valence-electron chi connectivity index (χ0n) is 13.9. The second-order valence-electron chi connectivity index (χ2n) is 5.80. The Balaban J connectivity index is 1.88. The Morgan fingerprint density at radius 3 is 2.59 bits per heavy atom. The first-order valence-electron chi connectivity index (χ1n) is 7.88. The number of Topliss-reactive ketones (excluding diaryl/α,β-unsaturated/α-hetero) is 1. The van der Waals surface area contributed by atoms with Gasteiger partial charge in [-0.25, -0.2) is 0 Å². The van der Waals surface area contributed by atoms with Crippen molar-refractivity contribution < 1.29 is 19.1 Å². The molecule has 0 unspecified atom stereocenters. The highest BCUT2D eigenvalue weighted by Gasteiger charge is 2.46. The summed E-state index contributed by atoms with van der Waals surface area (Å²) < 4.78 is 5.17. The molecule has 3 heterocycles. The lowest BCUT2D eigenvalue weighted by molar-refractivity contribution is -0.117. The van der Waals surface area contributed by atoms with E-state index in [0.717, 1.165) is 0 Å². The molecule has 0 saturated carbocycles. The number of carbonyl (C=O) groups excluding carboxylic acids is 2. The summed E-state index contributed by atoms with van der Waals surface area (Å²) in [6.45, 7) is 1.75. The molecule has 1 aliphatic rings. The fourth-order valence-corrected chi connectivity index (χ4v) is 3.76. The fraction of sp³-hybridized carbons (Fsp3) is 0.111. The van der Waals surface area contributed by atoms with E-state index < -0.39 is 23.5 Å². The Bertz CT molecular complexity index is 1060. The lowest BCUT2D eigenvalue weighted by Crippen LogP contribution is -2.31. The Morgan fingerprint density at radius 1 is 1.26 bits per heavy atom. The summed E-state index contributed by atoms with van der Waals surface area (Å²) in [7, 11) is 0. The van der Waals surface area contributed by atoms with Gasteiger partial charge in [0.2, 0.25) is 10.9 Å². The van der Waals surface area contributed by atoms with Gasteiger partial charge in [-0.2, -0.15) is 0 Å². The third-order valence-electron chi connectivity index (χ3n) is 4.10. The van der Waals surface area contributed by atoms with Crippen molar-refractivity contribution in [3.8, 4) is 0 Å². The molecule has 0 aliphatic carbocycles. The number of ketones is 1. The number of benzene rings is 1. The van der Waals surface area contributed by atoms with Crippen molar-refractivity contribution in [1.82, 2.24) is 10.2 Å². The molecule has 1 aliphatic heterocycles. The van der Waals surface area contributed by atoms with Gasteiger partial charge < -0.3 is 9.52 Å². The first-order valence-corrected chi connectivity index (χ1v) is 9.07. The fourth-order valence-electron chi connectivity index (χ4n) is 2.92. The third kappa shape index (κ3) is 2.92. The number of hydrogen-bond acceptors (Lipinski definition) is 7. The number of halogens is 1. The van der Waals surface area contributed by atoms with Gasteiger partial charge in [0.25, 0.3) is 5.91 Å². The van der Waals surface area contributed by atoms with Crippen LogP contribution in [0.15, 0.2) is 58.4 Å². The van der Waals surface area contributed by atoms with Gasteiger partial charge in [-0.05, 0) is 36.8 Å². The van der Waals surface area contributed by atoms with E-state index in [-0.39, 0.29) is 16.5 Å². The highest BCUT2D eigenvalue weighted by atomic mass is 35.5. The van der Waals surface area contributed by atoms with Crippen molar-refractivity contribution in [2.75, 3.05) is 4.90 Å². The average Bonchev–Trinajstić information content (AvgIpc) is 3.37. The smallest absolute Gasteiger partial charge is 0.296 e. The van der Waals surface area contributed by atoms with E-state index >= 15 is 0 Å². The predicted molar refractivity (Wildman–Crippen MR) is 99.0 cm³/mol. The Labute approximate surface area is 162 Å². The number of carbonyl (C=O) groups is 2. The third-order valence-corrected chi connectivity index (χ3v) is 5.19. The van der Waals surface area contributed by atoms with Gasteiger partial charge in [-0.3, -0.25) is 14.5 Å². The number of aryl methyl sites for hydroxylation is 1. The Kier molecular flexibility index (Phi) is 4.29. The summed E-state index contributed by atoms with van der Waals surface area (Å²) in [5, 5.41) is 19.9. The highest BCUT2D eigenvalue weighted by molar-refractivity contribution is 7.15. The molecule has 1 aromatic carbocycles. The standard InChI is InChI=1S/C18H12ClN3O4S/c1-9-20-21-18(27-9)22-14(10-4-6-11(19)7-5-10)13(16(24)17(22)25)15(23)12-3-2-8-26-12/h2-8,14,24H,1H3/t14-/m1/s1. The van der Waals surface area contributed by atoms with E-state index in [0.29, 0.717) is 15.6 Å². The molecule has 1 N–H and O–H groups in total. The quantitative estimate of drug-likeness (QED) is 0.666. The van der Waals surface area contributed by atoms with Gasteiger partial charge in [0, 0.05) is 5.02 Å². The van der Waals surface area contributed by atoms with Crippen LogP contribution in [0.4, 0.5) is 5.13 Å². The lowest BCUT2D eigenvalue weighted by Gasteiger charge is -2.23. The van der Waals surface area contributed by atoms with Gasteiger partial charge in [-0.1, -0.05) is 35.1 Å². The first kappa shape index (κ1) is 17.4. The van der Waals surface area contributed by atoms with Crippen LogP contribution in [0.3, 0.4) is 0 Å². The summed E-state index contributed by atoms with van der Waals surface area (Å²) in [5.74, 6) is -1.90. The number of aliphatic hydroxyl groups is 1. The molecule has 1 atom stereocenters. The zero-order valence-corrected chi connectivity index (χ0v) is 15.5. The maximum Gasteiger partial charge on any atom is 0.296 e. The topological polar surface area (TPSA) is 96.5 Å². The Morgan fingerprint density at radius 2 is 2.00 bits per heavy atom. The Hall–Kier alpha value is -2.97. The van der Waals surface area contributed by atoms with E-state index in [1.807, 2.05) is 0 Å². The first-order chi connectivity index (χ1) is 13.0. The number of amides is 1. The summed E-state index contributed by atoms with van der Waals surface area (Å²) in [6.07, 6.45) is 1.35. The number of hydrogen-bond donors (Lipinski definition) is 1. The molecule has 27 heavy (non-hydrogen) atoms. The van der Waals surface area contributed by atoms with E-state index in [1.165, 1.54) is 28.6 Å². The molecule has 2 aromatic heterocycles. The molecule has 0 bridgehead atoms. The second kappa shape index (κ2) is 6.64. The van der Waals surface area contributed by atoms with Crippen LogP contribution in [0.25, 0.3) is 0 Å². The van der Waals surface area contributed by atoms with Crippen molar-refractivity contribution in [3.63, 3.8) is 0 Å². The highest BCUT2D eigenvalue weighted by Crippen LogP contribution is 2.42. The number of nitrogens with zero attached hydrogens (tertiary/aromatic N) is 3. The van der Waals surface area contributed by atoms with Gasteiger partial charge in [0.15, 0.2) is 11.5 Å². The van der Waals surface area contributed by atoms with Crippen molar-refractivity contribution in [2.24, 2.45) is 0 Å². The maximum atomic E-state index is 12.9. The van der Waals surface area contributed by atoms with Crippen molar-refractivity contribution >= 4 is 39.8 Å². The summed E-state index contributed by atoms with van der Waals surface area (Å²) in [5.41, 5.74) is 0.518.